The third kappa shape index (κ3) is 3.96. The van der Waals surface area contributed by atoms with Crippen LogP contribution in [0.4, 0.5) is 5.69 Å². The number of ether oxygens (including phenoxy) is 1. The standard InChI is InChI=1S/C20H21N3O6S/c1-14-20(25)21-17-13-16(5-6-18(17)29-14)30(26,27)23-10-8-22(9-11-23)19(24)7-4-15-3-2-12-28-15/h2-7,12-14H,8-11H2,1H3,(H,21,25)/b7-4+. The first kappa shape index (κ1) is 20.2. The van der Waals surface area contributed by atoms with Gasteiger partial charge in [-0.1, -0.05) is 0 Å². The number of nitrogens with one attached hydrogen (secondary N) is 1. The van der Waals surface area contributed by atoms with Crippen LogP contribution in [0.3, 0.4) is 0 Å². The van der Waals surface area contributed by atoms with Gasteiger partial charge in [0.2, 0.25) is 15.9 Å². The molecule has 158 valence electrons. The second kappa shape index (κ2) is 7.96. The number of hydrogen-bond acceptors (Lipinski definition) is 6. The topological polar surface area (TPSA) is 109 Å². The maximum atomic E-state index is 13.0. The quantitative estimate of drug-likeness (QED) is 0.736. The summed E-state index contributed by atoms with van der Waals surface area (Å²) in [7, 11) is -3.77. The molecule has 10 heteroatoms. The lowest BCUT2D eigenvalue weighted by Gasteiger charge is -2.33. The number of rotatable bonds is 4. The predicted molar refractivity (Wildman–Crippen MR) is 108 cm³/mol. The minimum absolute atomic E-state index is 0.0668. The molecule has 1 aromatic heterocycles. The highest BCUT2D eigenvalue weighted by Crippen LogP contribution is 2.32. The van der Waals surface area contributed by atoms with E-state index >= 15 is 0 Å². The number of nitrogens with zero attached hydrogens (tertiary/aromatic N) is 2. The Bertz CT molecular complexity index is 1090. The van der Waals surface area contributed by atoms with Crippen LogP contribution in [-0.4, -0.2) is 61.7 Å². The summed E-state index contributed by atoms with van der Waals surface area (Å²) in [6, 6.07) is 7.87. The second-order valence-electron chi connectivity index (χ2n) is 6.99. The zero-order valence-corrected chi connectivity index (χ0v) is 17.1. The Hall–Kier alpha value is -3.11. The van der Waals surface area contributed by atoms with E-state index in [9.17, 15) is 18.0 Å². The summed E-state index contributed by atoms with van der Waals surface area (Å²) in [4.78, 5) is 25.8. The molecule has 3 heterocycles. The minimum Gasteiger partial charge on any atom is -0.479 e. The fraction of sp³-hybridized carbons (Fsp3) is 0.300. The third-order valence-corrected chi connectivity index (χ3v) is 6.90. The molecule has 1 atom stereocenters. The van der Waals surface area contributed by atoms with Gasteiger partial charge < -0.3 is 19.4 Å². The molecule has 0 saturated carbocycles. The summed E-state index contributed by atoms with van der Waals surface area (Å²) in [6.07, 6.45) is 3.88. The van der Waals surface area contributed by atoms with Crippen LogP contribution in [-0.2, 0) is 19.6 Å². The smallest absolute Gasteiger partial charge is 0.265 e. The molecular formula is C20H21N3O6S. The van der Waals surface area contributed by atoms with E-state index in [1.807, 2.05) is 0 Å². The van der Waals surface area contributed by atoms with Gasteiger partial charge in [0.1, 0.15) is 11.5 Å². The van der Waals surface area contributed by atoms with Crippen molar-refractivity contribution < 1.29 is 27.2 Å². The second-order valence-corrected chi connectivity index (χ2v) is 8.92. The van der Waals surface area contributed by atoms with Crippen LogP contribution in [0.5, 0.6) is 5.75 Å². The Morgan fingerprint density at radius 2 is 1.97 bits per heavy atom. The molecular weight excluding hydrogens is 410 g/mol. The first-order valence-electron chi connectivity index (χ1n) is 9.47. The molecule has 0 bridgehead atoms. The van der Waals surface area contributed by atoms with Crippen molar-refractivity contribution >= 4 is 33.6 Å². The van der Waals surface area contributed by atoms with E-state index in [1.165, 1.54) is 34.8 Å². The maximum Gasteiger partial charge on any atom is 0.265 e. The van der Waals surface area contributed by atoms with E-state index in [-0.39, 0.29) is 42.9 Å². The van der Waals surface area contributed by atoms with E-state index in [1.54, 1.807) is 30.0 Å². The molecule has 1 N–H and O–H groups in total. The Labute approximate surface area is 173 Å². The van der Waals surface area contributed by atoms with Crippen molar-refractivity contribution in [3.8, 4) is 5.75 Å². The van der Waals surface area contributed by atoms with Crippen molar-refractivity contribution in [2.45, 2.75) is 17.9 Å². The van der Waals surface area contributed by atoms with E-state index in [0.29, 0.717) is 17.2 Å². The van der Waals surface area contributed by atoms with E-state index in [0.717, 1.165) is 0 Å². The predicted octanol–water partition coefficient (Wildman–Crippen LogP) is 1.55. The number of amides is 2. The molecule has 4 rings (SSSR count). The van der Waals surface area contributed by atoms with Crippen molar-refractivity contribution in [3.63, 3.8) is 0 Å². The van der Waals surface area contributed by atoms with E-state index < -0.39 is 16.1 Å². The van der Waals surface area contributed by atoms with Crippen LogP contribution in [0, 0.1) is 0 Å². The molecule has 9 nitrogen and oxygen atoms in total. The van der Waals surface area contributed by atoms with Gasteiger partial charge in [-0.25, -0.2) is 8.42 Å². The lowest BCUT2D eigenvalue weighted by atomic mass is 10.2. The molecule has 0 aliphatic carbocycles. The van der Waals surface area contributed by atoms with Gasteiger partial charge >= 0.3 is 0 Å². The number of benzene rings is 1. The maximum absolute atomic E-state index is 13.0. The van der Waals surface area contributed by atoms with Gasteiger partial charge in [-0.05, 0) is 43.3 Å². The molecule has 0 spiro atoms. The minimum atomic E-state index is -3.77. The van der Waals surface area contributed by atoms with Crippen molar-refractivity contribution in [2.75, 3.05) is 31.5 Å². The first-order valence-corrected chi connectivity index (χ1v) is 10.9. The van der Waals surface area contributed by atoms with Gasteiger partial charge in [0.05, 0.1) is 16.8 Å². The van der Waals surface area contributed by atoms with Crippen molar-refractivity contribution in [1.82, 2.24) is 9.21 Å². The number of sulfonamides is 1. The average molecular weight is 431 g/mol. The fourth-order valence-corrected chi connectivity index (χ4v) is 4.74. The highest BCUT2D eigenvalue weighted by Gasteiger charge is 2.31. The molecule has 30 heavy (non-hydrogen) atoms. The summed E-state index contributed by atoms with van der Waals surface area (Å²) in [5.74, 6) is 0.472. The normalized spacial score (nSPS) is 20.0. The lowest BCUT2D eigenvalue weighted by molar-refractivity contribution is -0.127. The Morgan fingerprint density at radius 3 is 2.67 bits per heavy atom. The van der Waals surface area contributed by atoms with Gasteiger partial charge in [-0.3, -0.25) is 9.59 Å². The summed E-state index contributed by atoms with van der Waals surface area (Å²) in [5.41, 5.74) is 0.330. The molecule has 1 saturated heterocycles. The molecule has 1 aromatic carbocycles. The van der Waals surface area contributed by atoms with Crippen molar-refractivity contribution in [3.05, 3.63) is 48.4 Å². The van der Waals surface area contributed by atoms with Crippen LogP contribution in [0.15, 0.2) is 52.0 Å². The summed E-state index contributed by atoms with van der Waals surface area (Å²) >= 11 is 0. The number of hydrogen-bond donors (Lipinski definition) is 1. The highest BCUT2D eigenvalue weighted by atomic mass is 32.2. The number of carbonyl (C=O) groups excluding carboxylic acids is 2. The Morgan fingerprint density at radius 1 is 1.20 bits per heavy atom. The number of carbonyl (C=O) groups is 2. The number of furan rings is 1. The van der Waals surface area contributed by atoms with Gasteiger partial charge in [0.25, 0.3) is 5.91 Å². The highest BCUT2D eigenvalue weighted by molar-refractivity contribution is 7.89. The Kier molecular flexibility index (Phi) is 5.35. The summed E-state index contributed by atoms with van der Waals surface area (Å²) in [5, 5.41) is 2.66. The van der Waals surface area contributed by atoms with Crippen LogP contribution in [0.1, 0.15) is 12.7 Å². The van der Waals surface area contributed by atoms with E-state index in [2.05, 4.69) is 5.32 Å². The summed E-state index contributed by atoms with van der Waals surface area (Å²) in [6.45, 7) is 2.54. The summed E-state index contributed by atoms with van der Waals surface area (Å²) < 4.78 is 38.0. The Balaban J connectivity index is 1.42. The molecule has 1 unspecified atom stereocenters. The van der Waals surface area contributed by atoms with E-state index in [4.69, 9.17) is 9.15 Å². The van der Waals surface area contributed by atoms with Crippen molar-refractivity contribution in [1.29, 1.82) is 0 Å². The largest absolute Gasteiger partial charge is 0.479 e. The van der Waals surface area contributed by atoms with Crippen LogP contribution >= 0.6 is 0 Å². The fourth-order valence-electron chi connectivity index (χ4n) is 3.29. The zero-order valence-electron chi connectivity index (χ0n) is 16.3. The molecule has 2 aliphatic rings. The third-order valence-electron chi connectivity index (χ3n) is 5.00. The van der Waals surface area contributed by atoms with Gasteiger partial charge in [0.15, 0.2) is 6.10 Å². The number of anilines is 1. The van der Waals surface area contributed by atoms with Crippen molar-refractivity contribution in [2.24, 2.45) is 0 Å². The monoisotopic (exact) mass is 431 g/mol. The average Bonchev–Trinajstić information content (AvgIpc) is 3.26. The molecule has 2 amide bonds. The number of piperazine rings is 1. The van der Waals surface area contributed by atoms with Gasteiger partial charge in [0, 0.05) is 32.3 Å². The molecule has 2 aromatic rings. The zero-order chi connectivity index (χ0) is 21.3. The lowest BCUT2D eigenvalue weighted by Crippen LogP contribution is -2.50. The van der Waals surface area contributed by atoms with Crippen LogP contribution in [0.25, 0.3) is 6.08 Å². The first-order chi connectivity index (χ1) is 14.3. The van der Waals surface area contributed by atoms with Gasteiger partial charge in [-0.2, -0.15) is 4.31 Å². The SMILES string of the molecule is CC1Oc2ccc(S(=O)(=O)N3CCN(C(=O)/C=C/c4ccco4)CC3)cc2NC1=O. The molecule has 1 fully saturated rings. The van der Waals surface area contributed by atoms with Crippen LogP contribution in [0.2, 0.25) is 0 Å². The number of fused-ring (bicyclic) bond motifs is 1. The van der Waals surface area contributed by atoms with Crippen LogP contribution < -0.4 is 10.1 Å². The molecule has 2 aliphatic heterocycles. The molecule has 0 radical (unpaired) electrons. The van der Waals surface area contributed by atoms with Gasteiger partial charge in [-0.15, -0.1) is 0 Å².